The summed E-state index contributed by atoms with van der Waals surface area (Å²) in [6.07, 6.45) is 12.1. The van der Waals surface area contributed by atoms with Gasteiger partial charge in [-0.05, 0) is 96.3 Å². The van der Waals surface area contributed by atoms with E-state index in [1.165, 1.54) is 63.4 Å². The van der Waals surface area contributed by atoms with E-state index in [2.05, 4.69) is 28.3 Å². The van der Waals surface area contributed by atoms with Gasteiger partial charge in [0.15, 0.2) is 17.5 Å². The molecule has 2 aliphatic rings. The lowest BCUT2D eigenvalue weighted by atomic mass is 9.68. The maximum absolute atomic E-state index is 13.6. The topological polar surface area (TPSA) is 0 Å². The maximum Gasteiger partial charge on any atom is 0.194 e. The van der Waals surface area contributed by atoms with Crippen molar-refractivity contribution in [2.24, 2.45) is 17.8 Å². The van der Waals surface area contributed by atoms with Crippen molar-refractivity contribution < 1.29 is 13.2 Å². The largest absolute Gasteiger partial charge is 0.204 e. The van der Waals surface area contributed by atoms with Gasteiger partial charge in [-0.2, -0.15) is 0 Å². The van der Waals surface area contributed by atoms with Crippen LogP contribution in [-0.2, 0) is 0 Å². The van der Waals surface area contributed by atoms with Crippen molar-refractivity contribution in [2.45, 2.75) is 70.6 Å². The molecule has 0 radical (unpaired) electrons. The second kappa shape index (κ2) is 9.43. The molecule has 0 N–H and O–H groups in total. The molecule has 4 rings (SSSR count). The van der Waals surface area contributed by atoms with Gasteiger partial charge in [0.05, 0.1) is 0 Å². The van der Waals surface area contributed by atoms with Crippen LogP contribution in [0, 0.1) is 35.2 Å². The Morgan fingerprint density at radius 2 is 1.37 bits per heavy atom. The first-order valence-electron chi connectivity index (χ1n) is 11.5. The van der Waals surface area contributed by atoms with E-state index in [0.29, 0.717) is 11.5 Å². The highest BCUT2D eigenvalue weighted by Crippen LogP contribution is 2.44. The molecule has 2 aromatic carbocycles. The Bertz CT molecular complexity index is 855. The van der Waals surface area contributed by atoms with Crippen LogP contribution < -0.4 is 5.30 Å². The SMILES string of the molecule is CCC1CCC(C2CCC(c3ccc(-c4cc(F)c(F)c(F)c4)c(P)c3)CC2)CC1. The van der Waals surface area contributed by atoms with Crippen LogP contribution in [0.1, 0.15) is 76.2 Å². The summed E-state index contributed by atoms with van der Waals surface area (Å²) in [6, 6.07) is 8.26. The van der Waals surface area contributed by atoms with Crippen LogP contribution in [0.25, 0.3) is 11.1 Å². The number of hydrogen-bond donors (Lipinski definition) is 0. The smallest absolute Gasteiger partial charge is 0.194 e. The van der Waals surface area contributed by atoms with Crippen LogP contribution in [-0.4, -0.2) is 0 Å². The fourth-order valence-corrected chi connectivity index (χ4v) is 6.26. The van der Waals surface area contributed by atoms with Gasteiger partial charge in [0, 0.05) is 0 Å². The summed E-state index contributed by atoms with van der Waals surface area (Å²) in [4.78, 5) is 0. The van der Waals surface area contributed by atoms with Gasteiger partial charge < -0.3 is 0 Å². The second-order valence-corrected chi connectivity index (χ2v) is 10.0. The van der Waals surface area contributed by atoms with E-state index in [4.69, 9.17) is 0 Å². The minimum atomic E-state index is -1.42. The van der Waals surface area contributed by atoms with E-state index in [9.17, 15) is 13.2 Å². The lowest BCUT2D eigenvalue weighted by molar-refractivity contribution is 0.158. The third kappa shape index (κ3) is 4.62. The van der Waals surface area contributed by atoms with Crippen LogP contribution >= 0.6 is 9.24 Å². The Morgan fingerprint density at radius 1 is 0.800 bits per heavy atom. The molecule has 0 amide bonds. The molecule has 1 atom stereocenters. The van der Waals surface area contributed by atoms with Crippen molar-refractivity contribution in [2.75, 3.05) is 0 Å². The molecular weight excluding hydrogens is 400 g/mol. The maximum atomic E-state index is 13.6. The Morgan fingerprint density at radius 3 is 1.90 bits per heavy atom. The lowest BCUT2D eigenvalue weighted by Crippen LogP contribution is -2.25. The van der Waals surface area contributed by atoms with Gasteiger partial charge >= 0.3 is 0 Å². The molecule has 0 heterocycles. The van der Waals surface area contributed by atoms with Crippen molar-refractivity contribution in [1.29, 1.82) is 0 Å². The molecule has 4 heteroatoms. The van der Waals surface area contributed by atoms with Crippen LogP contribution in [0.2, 0.25) is 0 Å². The monoisotopic (exact) mass is 432 g/mol. The zero-order valence-corrected chi connectivity index (χ0v) is 18.9. The van der Waals surface area contributed by atoms with Gasteiger partial charge in [-0.3, -0.25) is 0 Å². The summed E-state index contributed by atoms with van der Waals surface area (Å²) in [5, 5.41) is 0.901. The quantitative estimate of drug-likeness (QED) is 0.342. The third-order valence-corrected chi connectivity index (χ3v) is 8.23. The van der Waals surface area contributed by atoms with Crippen LogP contribution in [0.4, 0.5) is 13.2 Å². The van der Waals surface area contributed by atoms with Crippen molar-refractivity contribution in [3.05, 3.63) is 53.3 Å². The van der Waals surface area contributed by atoms with E-state index in [1.54, 1.807) is 0 Å². The van der Waals surface area contributed by atoms with Gasteiger partial charge in [0.25, 0.3) is 0 Å². The van der Waals surface area contributed by atoms with Crippen molar-refractivity contribution in [3.8, 4) is 11.1 Å². The van der Waals surface area contributed by atoms with Crippen LogP contribution in [0.3, 0.4) is 0 Å². The Labute approximate surface area is 180 Å². The highest BCUT2D eigenvalue weighted by atomic mass is 31.0. The number of benzene rings is 2. The predicted octanol–water partition coefficient (Wildman–Crippen LogP) is 7.76. The molecule has 2 saturated carbocycles. The Balaban J connectivity index is 1.41. The number of rotatable bonds is 4. The van der Waals surface area contributed by atoms with Gasteiger partial charge in [0.2, 0.25) is 0 Å². The fourth-order valence-electron chi connectivity index (χ4n) is 5.80. The normalized spacial score (nSPS) is 27.2. The average Bonchev–Trinajstić information content (AvgIpc) is 2.77. The van der Waals surface area contributed by atoms with Crippen molar-refractivity contribution >= 4 is 14.5 Å². The number of hydrogen-bond acceptors (Lipinski definition) is 0. The van der Waals surface area contributed by atoms with Crippen molar-refractivity contribution in [1.82, 2.24) is 0 Å². The first-order valence-corrected chi connectivity index (χ1v) is 12.1. The van der Waals surface area contributed by atoms with E-state index < -0.39 is 17.5 Å². The molecule has 30 heavy (non-hydrogen) atoms. The molecule has 162 valence electrons. The van der Waals surface area contributed by atoms with Gasteiger partial charge in [0.1, 0.15) is 0 Å². The minimum absolute atomic E-state index is 0.370. The summed E-state index contributed by atoms with van der Waals surface area (Å²) in [5.74, 6) is -0.381. The van der Waals surface area contributed by atoms with E-state index in [-0.39, 0.29) is 0 Å². The molecule has 0 aliphatic heterocycles. The van der Waals surface area contributed by atoms with E-state index in [0.717, 1.165) is 40.8 Å². The average molecular weight is 433 g/mol. The fraction of sp³-hybridized carbons (Fsp3) is 0.538. The molecule has 2 aromatic rings. The lowest BCUT2D eigenvalue weighted by Gasteiger charge is -2.38. The van der Waals surface area contributed by atoms with E-state index in [1.807, 2.05) is 6.07 Å². The van der Waals surface area contributed by atoms with Gasteiger partial charge in [-0.15, -0.1) is 9.24 Å². The Kier molecular flexibility index (Phi) is 6.88. The summed E-state index contributed by atoms with van der Waals surface area (Å²) in [7, 11) is 2.68. The predicted molar refractivity (Wildman–Crippen MR) is 122 cm³/mol. The first-order chi connectivity index (χ1) is 14.5. The summed E-state index contributed by atoms with van der Waals surface area (Å²) in [6.45, 7) is 2.32. The third-order valence-electron chi connectivity index (χ3n) is 7.75. The molecular formula is C26H32F3P. The van der Waals surface area contributed by atoms with Crippen LogP contribution in [0.5, 0.6) is 0 Å². The summed E-state index contributed by atoms with van der Waals surface area (Å²) >= 11 is 0. The first kappa shape index (κ1) is 21.9. The van der Waals surface area contributed by atoms with Crippen molar-refractivity contribution in [3.63, 3.8) is 0 Å². The molecule has 0 aromatic heterocycles. The van der Waals surface area contributed by atoms with Gasteiger partial charge in [-0.25, -0.2) is 13.2 Å². The molecule has 0 bridgehead atoms. The summed E-state index contributed by atoms with van der Waals surface area (Å²) < 4.78 is 40.6. The zero-order valence-electron chi connectivity index (χ0n) is 17.8. The second-order valence-electron chi connectivity index (χ2n) is 9.40. The van der Waals surface area contributed by atoms with Gasteiger partial charge in [-0.1, -0.05) is 44.4 Å². The molecule has 0 spiro atoms. The molecule has 2 aliphatic carbocycles. The standard InChI is InChI=1S/C26H32F3P/c1-2-16-3-5-17(6-4-16)18-7-9-19(10-8-18)20-11-12-22(25(30)15-20)21-13-23(27)26(29)24(28)14-21/h11-19H,2-10,30H2,1H3. The molecule has 2 fully saturated rings. The molecule has 0 nitrogen and oxygen atoms in total. The summed E-state index contributed by atoms with van der Waals surface area (Å²) in [5.41, 5.74) is 2.40. The number of halogens is 3. The molecule has 0 saturated heterocycles. The highest BCUT2D eigenvalue weighted by Gasteiger charge is 2.31. The zero-order chi connectivity index (χ0) is 21.3. The highest BCUT2D eigenvalue weighted by molar-refractivity contribution is 7.28. The molecule has 1 unspecified atom stereocenters. The van der Waals surface area contributed by atoms with E-state index >= 15 is 0 Å². The van der Waals surface area contributed by atoms with Crippen LogP contribution in [0.15, 0.2) is 30.3 Å². The minimum Gasteiger partial charge on any atom is -0.204 e. The Hall–Kier alpha value is -1.34.